The maximum atomic E-state index is 12.4. The van der Waals surface area contributed by atoms with E-state index in [2.05, 4.69) is 4.18 Å². The van der Waals surface area contributed by atoms with E-state index >= 15 is 0 Å². The molecule has 3 N–H and O–H groups in total. The van der Waals surface area contributed by atoms with E-state index in [1.54, 1.807) is 0 Å². The molecule has 0 heterocycles. The van der Waals surface area contributed by atoms with E-state index in [-0.39, 0.29) is 5.56 Å². The summed E-state index contributed by atoms with van der Waals surface area (Å²) < 4.78 is 68.0. The molecule has 8 nitrogen and oxygen atoms in total. The lowest BCUT2D eigenvalue weighted by Gasteiger charge is -2.30. The van der Waals surface area contributed by atoms with Crippen LogP contribution in [0.4, 0.5) is 13.2 Å². The van der Waals surface area contributed by atoms with Crippen LogP contribution in [0.15, 0.2) is 24.3 Å². The van der Waals surface area contributed by atoms with Crippen molar-refractivity contribution in [2.24, 2.45) is 5.73 Å². The monoisotopic (exact) mass is 413 g/mol. The Labute approximate surface area is 153 Å². The average Bonchev–Trinajstić information content (AvgIpc) is 2.43. The summed E-state index contributed by atoms with van der Waals surface area (Å²) in [5.41, 5.74) is -2.95. The first-order chi connectivity index (χ1) is 12.0. The number of carboxylic acids is 1. The van der Waals surface area contributed by atoms with E-state index in [4.69, 9.17) is 15.6 Å². The molecule has 0 aliphatic rings. The van der Waals surface area contributed by atoms with E-state index in [0.717, 1.165) is 24.3 Å². The summed E-state index contributed by atoms with van der Waals surface area (Å²) in [6.07, 6.45) is -0.872. The van der Waals surface area contributed by atoms with Crippen molar-refractivity contribution in [2.75, 3.05) is 0 Å². The van der Waals surface area contributed by atoms with Crippen molar-refractivity contribution in [3.63, 3.8) is 0 Å². The number of hydrogen-bond acceptors (Lipinski definition) is 7. The minimum absolute atomic E-state index is 0.115. The zero-order valence-electron chi connectivity index (χ0n) is 14.5. The molecule has 1 aromatic rings. The number of nitrogens with two attached hydrogens (primary N) is 1. The SMILES string of the molecule is CC(C)(C)OC(=O)C(N)(CC(=O)O)c1ccc(OS(=O)(=O)C(F)(F)F)cc1. The summed E-state index contributed by atoms with van der Waals surface area (Å²) in [7, 11) is -5.88. The van der Waals surface area contributed by atoms with Crippen LogP contribution in [-0.4, -0.2) is 36.6 Å². The molecule has 0 saturated heterocycles. The highest BCUT2D eigenvalue weighted by atomic mass is 32.2. The number of rotatable bonds is 6. The van der Waals surface area contributed by atoms with E-state index < -0.39 is 50.9 Å². The third-order valence-corrected chi connectivity index (χ3v) is 4.03. The van der Waals surface area contributed by atoms with Gasteiger partial charge in [-0.25, -0.2) is 4.79 Å². The highest BCUT2D eigenvalue weighted by Gasteiger charge is 2.48. The molecule has 1 unspecified atom stereocenters. The van der Waals surface area contributed by atoms with Crippen molar-refractivity contribution >= 4 is 22.1 Å². The largest absolute Gasteiger partial charge is 0.534 e. The Balaban J connectivity index is 3.23. The van der Waals surface area contributed by atoms with Crippen LogP contribution in [0.5, 0.6) is 5.75 Å². The van der Waals surface area contributed by atoms with E-state index in [9.17, 15) is 31.2 Å². The fourth-order valence-electron chi connectivity index (χ4n) is 1.88. The molecular formula is C15H18F3NO7S. The zero-order chi connectivity index (χ0) is 21.3. The molecule has 0 radical (unpaired) electrons. The minimum Gasteiger partial charge on any atom is -0.481 e. The van der Waals surface area contributed by atoms with E-state index in [0.29, 0.717) is 0 Å². The molecule has 0 saturated carbocycles. The van der Waals surface area contributed by atoms with E-state index in [1.807, 2.05) is 0 Å². The molecule has 0 amide bonds. The molecule has 12 heteroatoms. The molecule has 0 aromatic heterocycles. The first kappa shape index (κ1) is 22.7. The summed E-state index contributed by atoms with van der Waals surface area (Å²) >= 11 is 0. The lowest BCUT2D eigenvalue weighted by molar-refractivity contribution is -0.165. The molecule has 0 fully saturated rings. The molecule has 1 rings (SSSR count). The third-order valence-electron chi connectivity index (χ3n) is 3.05. The molecule has 0 aliphatic heterocycles. The number of carbonyl (C=O) groups excluding carboxylic acids is 1. The van der Waals surface area contributed by atoms with Gasteiger partial charge in [-0.15, -0.1) is 0 Å². The van der Waals surface area contributed by atoms with Crippen LogP contribution < -0.4 is 9.92 Å². The quantitative estimate of drug-likeness (QED) is 0.410. The Kier molecular flexibility index (Phi) is 6.18. The van der Waals surface area contributed by atoms with Gasteiger partial charge in [0.05, 0.1) is 6.42 Å². The van der Waals surface area contributed by atoms with Gasteiger partial charge in [0.2, 0.25) is 0 Å². The van der Waals surface area contributed by atoms with Crippen molar-refractivity contribution in [3.8, 4) is 5.75 Å². The van der Waals surface area contributed by atoms with E-state index in [1.165, 1.54) is 20.8 Å². The van der Waals surface area contributed by atoms with Crippen molar-refractivity contribution < 1.29 is 45.2 Å². The van der Waals surface area contributed by atoms with Crippen LogP contribution in [0.3, 0.4) is 0 Å². The topological polar surface area (TPSA) is 133 Å². The van der Waals surface area contributed by atoms with Crippen LogP contribution in [0.25, 0.3) is 0 Å². The highest BCUT2D eigenvalue weighted by Crippen LogP contribution is 2.30. The van der Waals surface area contributed by atoms with Crippen LogP contribution in [0.1, 0.15) is 32.8 Å². The first-order valence-corrected chi connectivity index (χ1v) is 8.74. The van der Waals surface area contributed by atoms with Crippen LogP contribution in [0.2, 0.25) is 0 Å². The number of hydrogen-bond donors (Lipinski definition) is 2. The number of esters is 1. The molecular weight excluding hydrogens is 395 g/mol. The van der Waals surface area contributed by atoms with Crippen molar-refractivity contribution in [1.29, 1.82) is 0 Å². The predicted molar refractivity (Wildman–Crippen MR) is 86.0 cm³/mol. The second-order valence-electron chi connectivity index (χ2n) is 6.55. The van der Waals surface area contributed by atoms with Crippen molar-refractivity contribution in [2.45, 2.75) is 43.8 Å². The van der Waals surface area contributed by atoms with Gasteiger partial charge in [0, 0.05) is 0 Å². The van der Waals surface area contributed by atoms with Gasteiger partial charge in [-0.05, 0) is 38.5 Å². The van der Waals surface area contributed by atoms with Gasteiger partial charge in [-0.3, -0.25) is 4.79 Å². The van der Waals surface area contributed by atoms with Gasteiger partial charge in [-0.1, -0.05) is 12.1 Å². The standard InChI is InChI=1S/C15H18F3NO7S/c1-13(2,3)25-12(22)14(19,8-11(20)21)9-4-6-10(7-5-9)26-27(23,24)15(16,17)18/h4-7H,8,19H2,1-3H3,(H,20,21). The summed E-state index contributed by atoms with van der Waals surface area (Å²) in [4.78, 5) is 23.5. The molecule has 1 aromatic carbocycles. The van der Waals surface area contributed by atoms with Gasteiger partial charge in [0.1, 0.15) is 11.4 Å². The van der Waals surface area contributed by atoms with Crippen LogP contribution >= 0.6 is 0 Å². The number of benzene rings is 1. The predicted octanol–water partition coefficient (Wildman–Crippen LogP) is 1.89. The normalized spacial score (nSPS) is 14.9. The summed E-state index contributed by atoms with van der Waals surface area (Å²) in [6, 6.07) is 3.58. The first-order valence-electron chi connectivity index (χ1n) is 7.33. The lowest BCUT2D eigenvalue weighted by Crippen LogP contribution is -2.49. The van der Waals surface area contributed by atoms with Crippen LogP contribution in [-0.2, 0) is 30.0 Å². The minimum atomic E-state index is -5.88. The fraction of sp³-hybridized carbons (Fsp3) is 0.467. The highest BCUT2D eigenvalue weighted by molar-refractivity contribution is 7.88. The zero-order valence-corrected chi connectivity index (χ0v) is 15.3. The lowest BCUT2D eigenvalue weighted by atomic mass is 9.87. The average molecular weight is 413 g/mol. The summed E-state index contributed by atoms with van der Waals surface area (Å²) in [5, 5.41) is 9.04. The molecule has 27 heavy (non-hydrogen) atoms. The van der Waals surface area contributed by atoms with Gasteiger partial charge in [0.15, 0.2) is 5.54 Å². The van der Waals surface area contributed by atoms with Crippen LogP contribution in [0, 0.1) is 0 Å². The van der Waals surface area contributed by atoms with Gasteiger partial charge >= 0.3 is 27.6 Å². The van der Waals surface area contributed by atoms with Crippen molar-refractivity contribution in [3.05, 3.63) is 29.8 Å². The Hall–Kier alpha value is -2.34. The molecule has 0 aliphatic carbocycles. The fourth-order valence-corrected chi connectivity index (χ4v) is 2.34. The third kappa shape index (κ3) is 5.82. The number of halogens is 3. The molecule has 0 bridgehead atoms. The number of carbonyl (C=O) groups is 2. The Morgan fingerprint density at radius 3 is 1.96 bits per heavy atom. The number of alkyl halides is 3. The molecule has 0 spiro atoms. The number of carboxylic acid groups (broad SMARTS) is 1. The van der Waals surface area contributed by atoms with Gasteiger partial charge < -0.3 is 19.8 Å². The second-order valence-corrected chi connectivity index (χ2v) is 8.09. The molecule has 1 atom stereocenters. The maximum absolute atomic E-state index is 12.4. The summed E-state index contributed by atoms with van der Waals surface area (Å²) in [6.45, 7) is 4.60. The number of ether oxygens (including phenoxy) is 1. The smallest absolute Gasteiger partial charge is 0.481 e. The maximum Gasteiger partial charge on any atom is 0.534 e. The van der Waals surface area contributed by atoms with Gasteiger partial charge in [-0.2, -0.15) is 21.6 Å². The molecule has 152 valence electrons. The van der Waals surface area contributed by atoms with Crippen molar-refractivity contribution in [1.82, 2.24) is 0 Å². The summed E-state index contributed by atoms with van der Waals surface area (Å²) in [5.74, 6) is -3.20. The number of aliphatic carboxylic acids is 1. The second kappa shape index (κ2) is 7.35. The Bertz CT molecular complexity index is 813. The Morgan fingerprint density at radius 2 is 1.59 bits per heavy atom. The Morgan fingerprint density at radius 1 is 1.11 bits per heavy atom. The van der Waals surface area contributed by atoms with Gasteiger partial charge in [0.25, 0.3) is 0 Å².